The predicted octanol–water partition coefficient (Wildman–Crippen LogP) is 0.316. The molecule has 0 saturated heterocycles. The van der Waals surface area contributed by atoms with Crippen LogP contribution in [0.5, 0.6) is 0 Å². The number of nitrogens with one attached hydrogen (secondary N) is 2. The zero-order valence-electron chi connectivity index (χ0n) is 19.8. The SMILES string of the molecule is [C-]#[N+]C(C)(CCC(=O)Nc1ccc(SOO[O-])cc1)N=NC(C)(C#N)CCC(=O)NCCC.[Na+]. The zero-order valence-corrected chi connectivity index (χ0v) is 22.6. The minimum Gasteiger partial charge on any atom is -0.691 e. The van der Waals surface area contributed by atoms with Crippen LogP contribution in [0.3, 0.4) is 0 Å². The predicted molar refractivity (Wildman–Crippen MR) is 119 cm³/mol. The van der Waals surface area contributed by atoms with Gasteiger partial charge < -0.3 is 15.9 Å². The van der Waals surface area contributed by atoms with Crippen LogP contribution in [0.4, 0.5) is 5.69 Å². The van der Waals surface area contributed by atoms with E-state index in [1.165, 1.54) is 6.92 Å². The van der Waals surface area contributed by atoms with Crippen LogP contribution in [-0.4, -0.2) is 29.6 Å². The monoisotopic (exact) mass is 498 g/mol. The van der Waals surface area contributed by atoms with Gasteiger partial charge in [-0.3, -0.25) is 19.5 Å². The van der Waals surface area contributed by atoms with E-state index >= 15 is 0 Å². The van der Waals surface area contributed by atoms with Crippen LogP contribution in [0.2, 0.25) is 0 Å². The van der Waals surface area contributed by atoms with E-state index in [0.29, 0.717) is 17.1 Å². The number of hydrogen-bond donors (Lipinski definition) is 2. The molecule has 2 amide bonds. The molecule has 0 aromatic heterocycles. The first kappa shape index (κ1) is 32.0. The summed E-state index contributed by atoms with van der Waals surface area (Å²) in [5.74, 6) is -0.494. The van der Waals surface area contributed by atoms with Crippen molar-refractivity contribution in [3.8, 4) is 6.07 Å². The topological polar surface area (TPSA) is 153 Å². The Morgan fingerprint density at radius 1 is 1.21 bits per heavy atom. The van der Waals surface area contributed by atoms with E-state index in [2.05, 4.69) is 35.1 Å². The fourth-order valence-electron chi connectivity index (χ4n) is 2.41. The maximum Gasteiger partial charge on any atom is 1.00 e. The molecule has 34 heavy (non-hydrogen) atoms. The molecule has 0 aliphatic heterocycles. The van der Waals surface area contributed by atoms with Crippen molar-refractivity contribution in [2.24, 2.45) is 10.2 Å². The van der Waals surface area contributed by atoms with Crippen molar-refractivity contribution in [2.75, 3.05) is 11.9 Å². The third kappa shape index (κ3) is 12.4. The molecule has 0 aliphatic carbocycles. The molecule has 11 nitrogen and oxygen atoms in total. The Hall–Kier alpha value is -2.03. The maximum atomic E-state index is 12.3. The smallest absolute Gasteiger partial charge is 0.691 e. The number of amides is 2. The number of hydrogen-bond acceptors (Lipinski definition) is 9. The molecule has 0 bridgehead atoms. The van der Waals surface area contributed by atoms with Gasteiger partial charge >= 0.3 is 35.2 Å². The van der Waals surface area contributed by atoms with Crippen molar-refractivity contribution in [3.63, 3.8) is 0 Å². The van der Waals surface area contributed by atoms with Gasteiger partial charge in [-0.1, -0.05) is 6.92 Å². The summed E-state index contributed by atoms with van der Waals surface area (Å²) in [6.07, 6.45) is 1.19. The summed E-state index contributed by atoms with van der Waals surface area (Å²) >= 11 is 0.733. The van der Waals surface area contributed by atoms with E-state index in [1.54, 1.807) is 31.2 Å². The Kier molecular flexibility index (Phi) is 15.6. The minimum atomic E-state index is -1.32. The molecule has 2 N–H and O–H groups in total. The Labute approximate surface area is 225 Å². The summed E-state index contributed by atoms with van der Waals surface area (Å²) < 4.78 is 4.21. The summed E-state index contributed by atoms with van der Waals surface area (Å²) in [5.41, 5.74) is -2.05. The molecular formula is C21H27N6NaO5S. The molecule has 0 fully saturated rings. The average Bonchev–Trinajstić information content (AvgIpc) is 2.83. The number of nitrogens with zero attached hydrogens (tertiary/aromatic N) is 4. The Bertz CT molecular complexity index is 904. The fraction of sp³-hybridized carbons (Fsp3) is 0.524. The van der Waals surface area contributed by atoms with Gasteiger partial charge in [0.05, 0.1) is 24.5 Å². The van der Waals surface area contributed by atoms with Crippen molar-refractivity contribution in [2.45, 2.75) is 69.0 Å². The zero-order chi connectivity index (χ0) is 24.7. The molecule has 178 valence electrons. The van der Waals surface area contributed by atoms with Gasteiger partial charge in [0.25, 0.3) is 0 Å². The van der Waals surface area contributed by atoms with Crippen LogP contribution in [0.15, 0.2) is 39.4 Å². The number of anilines is 1. The van der Waals surface area contributed by atoms with Crippen molar-refractivity contribution in [1.82, 2.24) is 5.32 Å². The van der Waals surface area contributed by atoms with E-state index < -0.39 is 11.2 Å². The number of carbonyl (C=O) groups is 2. The molecule has 1 rings (SSSR count). The summed E-state index contributed by atoms with van der Waals surface area (Å²) in [4.78, 5) is 28.2. The van der Waals surface area contributed by atoms with E-state index in [4.69, 9.17) is 6.57 Å². The average molecular weight is 499 g/mol. The van der Waals surface area contributed by atoms with Gasteiger partial charge in [-0.05, 0) is 44.0 Å². The molecule has 1 aromatic carbocycles. The minimum absolute atomic E-state index is 0. The second kappa shape index (κ2) is 16.6. The molecular weight excluding hydrogens is 471 g/mol. The largest absolute Gasteiger partial charge is 1.00 e. The van der Waals surface area contributed by atoms with Crippen LogP contribution < -0.4 is 45.4 Å². The van der Waals surface area contributed by atoms with Crippen molar-refractivity contribution in [1.29, 1.82) is 5.26 Å². The molecule has 2 atom stereocenters. The summed E-state index contributed by atoms with van der Waals surface area (Å²) in [7, 11) is 0. The third-order valence-corrected chi connectivity index (χ3v) is 5.09. The van der Waals surface area contributed by atoms with E-state index in [1.807, 2.05) is 13.0 Å². The van der Waals surface area contributed by atoms with Crippen LogP contribution in [0, 0.1) is 17.9 Å². The standard InChI is InChI=1S/C21H28N6O5S.Na/c1-5-14-24-18(28)10-12-20(2,15-22)26-27-21(3,23-4)13-11-19(29)25-16-6-8-17(9-7-16)33-32-31-30;/h6-9,30H,5,10-14H2,1-3H3,(H,24,28)(H,25,29);/q;+1/p-1. The number of carbonyl (C=O) groups excluding carboxylic acids is 2. The third-order valence-electron chi connectivity index (χ3n) is 4.50. The fourth-order valence-corrected chi connectivity index (χ4v) is 2.76. The molecule has 0 spiro atoms. The number of rotatable bonds is 14. The van der Waals surface area contributed by atoms with Crippen LogP contribution >= 0.6 is 12.0 Å². The molecule has 0 radical (unpaired) electrons. The van der Waals surface area contributed by atoms with Gasteiger partial charge in [0.15, 0.2) is 5.54 Å². The summed E-state index contributed by atoms with van der Waals surface area (Å²) in [5, 5.41) is 36.1. The number of nitriles is 1. The first-order chi connectivity index (χ1) is 15.7. The second-order valence-corrected chi connectivity index (χ2v) is 8.33. The van der Waals surface area contributed by atoms with E-state index in [9.17, 15) is 20.1 Å². The van der Waals surface area contributed by atoms with Crippen LogP contribution in [0.25, 0.3) is 4.85 Å². The van der Waals surface area contributed by atoms with Crippen molar-refractivity contribution < 1.29 is 53.8 Å². The summed E-state index contributed by atoms with van der Waals surface area (Å²) in [6, 6.07) is 8.54. The molecule has 1 aromatic rings. The molecule has 0 heterocycles. The van der Waals surface area contributed by atoms with Gasteiger partial charge in [0, 0.05) is 36.9 Å². The second-order valence-electron chi connectivity index (χ2n) is 7.56. The van der Waals surface area contributed by atoms with Crippen LogP contribution in [-0.2, 0) is 19.0 Å². The quantitative estimate of drug-likeness (QED) is 0.0935. The normalized spacial score (nSPS) is 14.1. The molecule has 0 saturated carbocycles. The van der Waals surface area contributed by atoms with Crippen molar-refractivity contribution in [3.05, 3.63) is 35.7 Å². The molecule has 0 aliphatic rings. The number of azo groups is 1. The van der Waals surface area contributed by atoms with Gasteiger partial charge in [0.2, 0.25) is 11.8 Å². The van der Waals surface area contributed by atoms with Crippen molar-refractivity contribution >= 4 is 29.5 Å². The Morgan fingerprint density at radius 3 is 2.41 bits per heavy atom. The first-order valence-electron chi connectivity index (χ1n) is 10.2. The van der Waals surface area contributed by atoms with Gasteiger partial charge in [-0.25, -0.2) is 6.57 Å². The molecule has 2 unspecified atom stereocenters. The van der Waals surface area contributed by atoms with Crippen LogP contribution in [0.1, 0.15) is 52.9 Å². The van der Waals surface area contributed by atoms with Gasteiger partial charge in [0.1, 0.15) is 0 Å². The Balaban J connectivity index is 0.0000109. The van der Waals surface area contributed by atoms with E-state index in [-0.39, 0.29) is 67.1 Å². The summed E-state index contributed by atoms with van der Waals surface area (Å²) in [6.45, 7) is 13.1. The van der Waals surface area contributed by atoms with Gasteiger partial charge in [-0.2, -0.15) is 14.7 Å². The Morgan fingerprint density at radius 2 is 1.85 bits per heavy atom. The molecule has 13 heteroatoms. The maximum absolute atomic E-state index is 12.3. The van der Waals surface area contributed by atoms with Gasteiger partial charge in [-0.15, -0.1) is 5.11 Å². The number of benzene rings is 1. The first-order valence-corrected chi connectivity index (χ1v) is 11.0. The van der Waals surface area contributed by atoms with E-state index in [0.717, 1.165) is 18.5 Å².